The van der Waals surface area contributed by atoms with Gasteiger partial charge in [0.2, 0.25) is 0 Å². The van der Waals surface area contributed by atoms with E-state index in [9.17, 15) is 26.7 Å². The number of carbonyl (C=O) groups is 1. The molecule has 0 bridgehead atoms. The summed E-state index contributed by atoms with van der Waals surface area (Å²) in [6.07, 6.45) is -8.22. The van der Waals surface area contributed by atoms with E-state index < -0.39 is 42.2 Å². The molecule has 0 amide bonds. The second kappa shape index (κ2) is 6.50. The van der Waals surface area contributed by atoms with Crippen LogP contribution in [0.5, 0.6) is 5.75 Å². The van der Waals surface area contributed by atoms with Crippen molar-refractivity contribution in [1.82, 2.24) is 4.98 Å². The van der Waals surface area contributed by atoms with Crippen LogP contribution in [0.3, 0.4) is 0 Å². The van der Waals surface area contributed by atoms with Gasteiger partial charge < -0.3 is 9.47 Å². The zero-order valence-corrected chi connectivity index (χ0v) is 12.0. The van der Waals surface area contributed by atoms with Crippen LogP contribution >= 0.6 is 22.6 Å². The Morgan fingerprint density at radius 3 is 2.50 bits per heavy atom. The number of hydrogen-bond donors (Lipinski definition) is 0. The topological polar surface area (TPSA) is 48.4 Å². The Hall–Kier alpha value is -1.20. The van der Waals surface area contributed by atoms with Crippen molar-refractivity contribution in [3.05, 3.63) is 21.0 Å². The van der Waals surface area contributed by atoms with Crippen molar-refractivity contribution >= 4 is 28.6 Å². The average molecular weight is 411 g/mol. The summed E-state index contributed by atoms with van der Waals surface area (Å²) in [5, 5.41) is 0. The lowest BCUT2D eigenvalue weighted by molar-refractivity contribution is -0.275. The Morgan fingerprint density at radius 1 is 1.45 bits per heavy atom. The molecule has 0 aliphatic carbocycles. The predicted octanol–water partition coefficient (Wildman–Crippen LogP) is 3.24. The summed E-state index contributed by atoms with van der Waals surface area (Å²) in [4.78, 5) is 14.5. The highest BCUT2D eigenvalue weighted by atomic mass is 127. The zero-order chi connectivity index (χ0) is 15.5. The standard InChI is InChI=1S/C10H7F5INO3/c1-19-6(18)2-4-7(9(11)12)17-3-5(16)8(4)20-10(13,14)15/h3,9H,2H2,1H3. The Bertz CT molecular complexity index is 506. The molecule has 0 saturated carbocycles. The lowest BCUT2D eigenvalue weighted by Gasteiger charge is -2.16. The molecule has 0 saturated heterocycles. The SMILES string of the molecule is COC(=O)Cc1c(C(F)F)ncc(I)c1OC(F)(F)F. The Morgan fingerprint density at radius 2 is 2.05 bits per heavy atom. The molecule has 20 heavy (non-hydrogen) atoms. The van der Waals surface area contributed by atoms with Crippen LogP contribution < -0.4 is 4.74 Å². The lowest BCUT2D eigenvalue weighted by Crippen LogP contribution is -2.21. The van der Waals surface area contributed by atoms with Crippen LogP contribution in [0, 0.1) is 3.57 Å². The van der Waals surface area contributed by atoms with Crippen LogP contribution in [0.4, 0.5) is 22.0 Å². The predicted molar refractivity (Wildman–Crippen MR) is 64.3 cm³/mol. The van der Waals surface area contributed by atoms with E-state index in [-0.39, 0.29) is 3.57 Å². The number of esters is 1. The molecular weight excluding hydrogens is 404 g/mol. The monoisotopic (exact) mass is 411 g/mol. The summed E-state index contributed by atoms with van der Waals surface area (Å²) in [5.41, 5.74) is -1.59. The van der Waals surface area contributed by atoms with E-state index >= 15 is 0 Å². The molecular formula is C10H7F5INO3. The maximum atomic E-state index is 12.8. The number of ether oxygens (including phenoxy) is 2. The Kier molecular flexibility index (Phi) is 5.48. The van der Waals surface area contributed by atoms with Crippen LogP contribution in [-0.2, 0) is 16.0 Å². The molecule has 1 aromatic rings. The minimum atomic E-state index is -5.08. The van der Waals surface area contributed by atoms with Crippen LogP contribution in [0.15, 0.2) is 6.20 Å². The van der Waals surface area contributed by atoms with E-state index in [4.69, 9.17) is 0 Å². The maximum Gasteiger partial charge on any atom is 0.573 e. The van der Waals surface area contributed by atoms with E-state index in [2.05, 4.69) is 14.5 Å². The Labute approximate surface area is 123 Å². The quantitative estimate of drug-likeness (QED) is 0.434. The molecule has 10 heteroatoms. The number of carbonyl (C=O) groups excluding carboxylic acids is 1. The van der Waals surface area contributed by atoms with Gasteiger partial charge in [0.05, 0.1) is 17.1 Å². The first-order valence-corrected chi connectivity index (χ1v) is 6.01. The van der Waals surface area contributed by atoms with Gasteiger partial charge in [0, 0.05) is 11.8 Å². The molecule has 0 unspecified atom stereocenters. The molecule has 4 nitrogen and oxygen atoms in total. The molecule has 0 fully saturated rings. The van der Waals surface area contributed by atoms with Gasteiger partial charge in [-0.1, -0.05) is 0 Å². The van der Waals surface area contributed by atoms with E-state index in [0.29, 0.717) is 0 Å². The van der Waals surface area contributed by atoms with Crippen LogP contribution in [0.2, 0.25) is 0 Å². The van der Waals surface area contributed by atoms with Gasteiger partial charge in [-0.3, -0.25) is 9.78 Å². The Balaban J connectivity index is 3.37. The summed E-state index contributed by atoms with van der Waals surface area (Å²) in [6, 6.07) is 0. The fraction of sp³-hybridized carbons (Fsp3) is 0.400. The normalized spacial score (nSPS) is 11.6. The molecule has 0 N–H and O–H groups in total. The van der Waals surface area contributed by atoms with E-state index in [1.165, 1.54) is 22.6 Å². The van der Waals surface area contributed by atoms with E-state index in [1.807, 2.05) is 0 Å². The van der Waals surface area contributed by atoms with Crippen molar-refractivity contribution in [3.8, 4) is 5.75 Å². The highest BCUT2D eigenvalue weighted by Crippen LogP contribution is 2.35. The molecule has 112 valence electrons. The first-order valence-electron chi connectivity index (χ1n) is 4.93. The fourth-order valence-corrected chi connectivity index (χ4v) is 1.90. The average Bonchev–Trinajstić information content (AvgIpc) is 2.31. The summed E-state index contributed by atoms with van der Waals surface area (Å²) >= 11 is 1.44. The molecule has 0 spiro atoms. The van der Waals surface area contributed by atoms with Crippen molar-refractivity contribution in [2.75, 3.05) is 7.11 Å². The number of nitrogens with zero attached hydrogens (tertiary/aromatic N) is 1. The number of aromatic nitrogens is 1. The van der Waals surface area contributed by atoms with Crippen molar-refractivity contribution in [1.29, 1.82) is 0 Å². The van der Waals surface area contributed by atoms with Gasteiger partial charge >= 0.3 is 12.3 Å². The number of halogens is 6. The third-order valence-electron chi connectivity index (χ3n) is 2.09. The molecule has 0 aliphatic heterocycles. The maximum absolute atomic E-state index is 12.8. The van der Waals surface area contributed by atoms with Gasteiger partial charge in [0.15, 0.2) is 0 Å². The number of pyridine rings is 1. The van der Waals surface area contributed by atoms with Crippen LogP contribution in [0.1, 0.15) is 17.7 Å². The van der Waals surface area contributed by atoms with Gasteiger partial charge in [-0.15, -0.1) is 13.2 Å². The molecule has 0 radical (unpaired) electrons. The number of alkyl halides is 5. The van der Waals surface area contributed by atoms with Crippen LogP contribution in [0.25, 0.3) is 0 Å². The third-order valence-corrected chi connectivity index (χ3v) is 2.86. The summed E-state index contributed by atoms with van der Waals surface area (Å²) < 4.78 is 70.3. The lowest BCUT2D eigenvalue weighted by atomic mass is 10.1. The van der Waals surface area contributed by atoms with Crippen molar-refractivity contribution < 1.29 is 36.2 Å². The van der Waals surface area contributed by atoms with E-state index in [1.54, 1.807) is 0 Å². The zero-order valence-electron chi connectivity index (χ0n) is 9.80. The van der Waals surface area contributed by atoms with Crippen molar-refractivity contribution in [3.63, 3.8) is 0 Å². The van der Waals surface area contributed by atoms with Crippen molar-refractivity contribution in [2.24, 2.45) is 0 Å². The molecule has 1 heterocycles. The second-order valence-corrected chi connectivity index (χ2v) is 4.56. The minimum Gasteiger partial charge on any atom is -0.469 e. The highest BCUT2D eigenvalue weighted by Gasteiger charge is 2.35. The highest BCUT2D eigenvalue weighted by molar-refractivity contribution is 14.1. The minimum absolute atomic E-state index is 0.150. The summed E-state index contributed by atoms with van der Waals surface area (Å²) in [6.45, 7) is 0. The van der Waals surface area contributed by atoms with Gasteiger partial charge in [0.25, 0.3) is 6.43 Å². The summed E-state index contributed by atoms with van der Waals surface area (Å²) in [7, 11) is 0.982. The second-order valence-electron chi connectivity index (χ2n) is 3.40. The van der Waals surface area contributed by atoms with Gasteiger partial charge in [-0.05, 0) is 22.6 Å². The molecule has 0 aliphatic rings. The number of methoxy groups -OCH3 is 1. The third kappa shape index (κ3) is 4.42. The number of hydrogen-bond acceptors (Lipinski definition) is 4. The van der Waals surface area contributed by atoms with Crippen molar-refractivity contribution in [2.45, 2.75) is 19.2 Å². The van der Waals surface area contributed by atoms with Gasteiger partial charge in [-0.25, -0.2) is 8.78 Å². The van der Waals surface area contributed by atoms with Gasteiger partial charge in [-0.2, -0.15) is 0 Å². The first-order chi connectivity index (χ1) is 9.15. The largest absolute Gasteiger partial charge is 0.573 e. The molecule has 0 aromatic carbocycles. The van der Waals surface area contributed by atoms with Crippen LogP contribution in [-0.4, -0.2) is 24.4 Å². The molecule has 0 atom stereocenters. The summed E-state index contributed by atoms with van der Waals surface area (Å²) in [5.74, 6) is -1.85. The van der Waals surface area contributed by atoms with Gasteiger partial charge in [0.1, 0.15) is 11.4 Å². The molecule has 1 rings (SSSR count). The molecule has 1 aromatic heterocycles. The fourth-order valence-electron chi connectivity index (χ4n) is 1.32. The van der Waals surface area contributed by atoms with E-state index in [0.717, 1.165) is 13.3 Å². The smallest absolute Gasteiger partial charge is 0.469 e. The first kappa shape index (κ1) is 16.9. The number of rotatable bonds is 4.